The molecule has 0 aromatic heterocycles. The topological polar surface area (TPSA) is 52.6 Å². The van der Waals surface area contributed by atoms with E-state index in [4.69, 9.17) is 5.11 Å². The number of hydrogen-bond acceptors (Lipinski definition) is 3. The first kappa shape index (κ1) is 13.1. The van der Waals surface area contributed by atoms with Gasteiger partial charge in [-0.05, 0) is 18.9 Å². The summed E-state index contributed by atoms with van der Waals surface area (Å²) in [6.45, 7) is 3.65. The molecular formula is C14H20N2O2. The van der Waals surface area contributed by atoms with E-state index in [1.54, 1.807) is 0 Å². The van der Waals surface area contributed by atoms with E-state index in [0.29, 0.717) is 13.0 Å². The van der Waals surface area contributed by atoms with Crippen LogP contribution in [-0.4, -0.2) is 41.7 Å². The van der Waals surface area contributed by atoms with Crippen molar-refractivity contribution in [1.29, 1.82) is 0 Å². The van der Waals surface area contributed by atoms with Gasteiger partial charge in [-0.2, -0.15) is 0 Å². The first-order chi connectivity index (χ1) is 8.74. The maximum Gasteiger partial charge on any atom is 0.237 e. The third-order valence-corrected chi connectivity index (χ3v) is 3.55. The molecule has 1 saturated heterocycles. The molecule has 1 aliphatic heterocycles. The third kappa shape index (κ3) is 2.71. The average molecular weight is 248 g/mol. The Morgan fingerprint density at radius 2 is 2.17 bits per heavy atom. The summed E-state index contributed by atoms with van der Waals surface area (Å²) >= 11 is 0. The fourth-order valence-electron chi connectivity index (χ4n) is 2.54. The minimum absolute atomic E-state index is 0.0260. The Kier molecular flexibility index (Phi) is 4.33. The van der Waals surface area contributed by atoms with E-state index in [2.05, 4.69) is 29.3 Å². The molecule has 1 amide bonds. The molecule has 2 atom stereocenters. The van der Waals surface area contributed by atoms with Crippen LogP contribution in [0.4, 0.5) is 0 Å². The Morgan fingerprint density at radius 1 is 1.44 bits per heavy atom. The second kappa shape index (κ2) is 5.98. The van der Waals surface area contributed by atoms with Crippen molar-refractivity contribution in [3.05, 3.63) is 35.9 Å². The molecule has 1 aromatic carbocycles. The van der Waals surface area contributed by atoms with Gasteiger partial charge in [0.25, 0.3) is 0 Å². The monoisotopic (exact) mass is 248 g/mol. The number of nitrogens with one attached hydrogen (secondary N) is 1. The van der Waals surface area contributed by atoms with Crippen LogP contribution in [-0.2, 0) is 4.79 Å². The van der Waals surface area contributed by atoms with Crippen molar-refractivity contribution in [2.75, 3.05) is 19.7 Å². The van der Waals surface area contributed by atoms with Crippen LogP contribution in [0.2, 0.25) is 0 Å². The van der Waals surface area contributed by atoms with Crippen molar-refractivity contribution in [3.63, 3.8) is 0 Å². The van der Waals surface area contributed by atoms with E-state index in [0.717, 1.165) is 6.54 Å². The molecule has 18 heavy (non-hydrogen) atoms. The molecule has 1 fully saturated rings. The molecule has 2 unspecified atom stereocenters. The van der Waals surface area contributed by atoms with Crippen LogP contribution in [0.15, 0.2) is 30.3 Å². The van der Waals surface area contributed by atoms with Gasteiger partial charge < -0.3 is 10.4 Å². The predicted molar refractivity (Wildman–Crippen MR) is 70.1 cm³/mol. The van der Waals surface area contributed by atoms with Crippen LogP contribution in [0, 0.1) is 0 Å². The Labute approximate surface area is 108 Å². The van der Waals surface area contributed by atoms with E-state index in [1.807, 2.05) is 18.2 Å². The summed E-state index contributed by atoms with van der Waals surface area (Å²) < 4.78 is 0. The van der Waals surface area contributed by atoms with Gasteiger partial charge in [-0.15, -0.1) is 0 Å². The Hall–Kier alpha value is -1.39. The summed E-state index contributed by atoms with van der Waals surface area (Å²) in [5, 5.41) is 12.0. The zero-order chi connectivity index (χ0) is 13.0. The molecule has 1 aliphatic rings. The fourth-order valence-corrected chi connectivity index (χ4v) is 2.54. The van der Waals surface area contributed by atoms with Crippen LogP contribution in [0.25, 0.3) is 0 Å². The largest absolute Gasteiger partial charge is 0.396 e. The summed E-state index contributed by atoms with van der Waals surface area (Å²) in [4.78, 5) is 14.0. The molecule has 4 heteroatoms. The van der Waals surface area contributed by atoms with Gasteiger partial charge in [0, 0.05) is 25.7 Å². The van der Waals surface area contributed by atoms with Crippen molar-refractivity contribution in [2.45, 2.75) is 25.4 Å². The van der Waals surface area contributed by atoms with Crippen LogP contribution >= 0.6 is 0 Å². The molecule has 0 radical (unpaired) electrons. The first-order valence-electron chi connectivity index (χ1n) is 6.43. The van der Waals surface area contributed by atoms with Crippen molar-refractivity contribution < 1.29 is 9.90 Å². The standard InChI is InChI=1S/C14H20N2O2/c1-11(12-5-3-2-4-6-12)16-9-8-15-14(18)13(16)7-10-17/h2-6,11,13,17H,7-10H2,1H3,(H,15,18). The Morgan fingerprint density at radius 3 is 2.83 bits per heavy atom. The highest BCUT2D eigenvalue weighted by Crippen LogP contribution is 2.24. The van der Waals surface area contributed by atoms with Gasteiger partial charge in [0.15, 0.2) is 0 Å². The van der Waals surface area contributed by atoms with Gasteiger partial charge in [-0.1, -0.05) is 30.3 Å². The second-order valence-electron chi connectivity index (χ2n) is 4.64. The number of amides is 1. The number of piperazine rings is 1. The lowest BCUT2D eigenvalue weighted by Crippen LogP contribution is -2.56. The number of nitrogens with zero attached hydrogens (tertiary/aromatic N) is 1. The van der Waals surface area contributed by atoms with Crippen molar-refractivity contribution in [2.24, 2.45) is 0 Å². The van der Waals surface area contributed by atoms with E-state index in [1.165, 1.54) is 5.56 Å². The molecule has 0 bridgehead atoms. The number of aliphatic hydroxyl groups excluding tert-OH is 1. The number of carbonyl (C=O) groups excluding carboxylic acids is 1. The van der Waals surface area contributed by atoms with Crippen molar-refractivity contribution in [1.82, 2.24) is 10.2 Å². The molecule has 98 valence electrons. The van der Waals surface area contributed by atoms with Crippen LogP contribution in [0.3, 0.4) is 0 Å². The lowest BCUT2D eigenvalue weighted by Gasteiger charge is -2.39. The second-order valence-corrected chi connectivity index (χ2v) is 4.64. The number of rotatable bonds is 4. The van der Waals surface area contributed by atoms with Gasteiger partial charge >= 0.3 is 0 Å². The smallest absolute Gasteiger partial charge is 0.237 e. The van der Waals surface area contributed by atoms with Gasteiger partial charge in [0.2, 0.25) is 5.91 Å². The number of hydrogen-bond donors (Lipinski definition) is 2. The third-order valence-electron chi connectivity index (χ3n) is 3.55. The molecule has 4 nitrogen and oxygen atoms in total. The number of aliphatic hydroxyl groups is 1. The summed E-state index contributed by atoms with van der Waals surface area (Å²) in [5.74, 6) is 0.0260. The van der Waals surface area contributed by atoms with Crippen molar-refractivity contribution in [3.8, 4) is 0 Å². The Bertz CT molecular complexity index is 394. The molecule has 2 rings (SSSR count). The maximum atomic E-state index is 11.9. The van der Waals surface area contributed by atoms with E-state index in [9.17, 15) is 4.79 Å². The quantitative estimate of drug-likeness (QED) is 0.833. The van der Waals surface area contributed by atoms with Gasteiger partial charge in [-0.3, -0.25) is 9.69 Å². The van der Waals surface area contributed by atoms with Gasteiger partial charge in [0.05, 0.1) is 6.04 Å². The molecular weight excluding hydrogens is 228 g/mol. The average Bonchev–Trinajstić information content (AvgIpc) is 2.41. The van der Waals surface area contributed by atoms with Crippen LogP contribution in [0.5, 0.6) is 0 Å². The van der Waals surface area contributed by atoms with Gasteiger partial charge in [0.1, 0.15) is 0 Å². The summed E-state index contributed by atoms with van der Waals surface area (Å²) in [6, 6.07) is 10.1. The minimum atomic E-state index is -0.223. The van der Waals surface area contributed by atoms with Crippen molar-refractivity contribution >= 4 is 5.91 Å². The lowest BCUT2D eigenvalue weighted by atomic mass is 10.0. The highest BCUT2D eigenvalue weighted by atomic mass is 16.3. The molecule has 2 N–H and O–H groups in total. The van der Waals surface area contributed by atoms with Crippen LogP contribution in [0.1, 0.15) is 24.9 Å². The molecule has 1 heterocycles. The highest BCUT2D eigenvalue weighted by molar-refractivity contribution is 5.82. The molecule has 0 aliphatic carbocycles. The number of carbonyl (C=O) groups is 1. The fraction of sp³-hybridized carbons (Fsp3) is 0.500. The Balaban J connectivity index is 2.16. The molecule has 0 spiro atoms. The zero-order valence-electron chi connectivity index (χ0n) is 10.7. The van der Waals surface area contributed by atoms with Gasteiger partial charge in [-0.25, -0.2) is 0 Å². The van der Waals surface area contributed by atoms with E-state index >= 15 is 0 Å². The SMILES string of the molecule is CC(c1ccccc1)N1CCNC(=O)C1CCO. The molecule has 0 saturated carbocycles. The lowest BCUT2D eigenvalue weighted by molar-refractivity contribution is -0.130. The van der Waals surface area contributed by atoms with Crippen LogP contribution < -0.4 is 5.32 Å². The first-order valence-corrected chi connectivity index (χ1v) is 6.43. The minimum Gasteiger partial charge on any atom is -0.396 e. The molecule has 1 aromatic rings. The normalized spacial score (nSPS) is 22.6. The number of benzene rings is 1. The summed E-state index contributed by atoms with van der Waals surface area (Å²) in [6.07, 6.45) is 0.489. The van der Waals surface area contributed by atoms with E-state index in [-0.39, 0.29) is 24.6 Å². The predicted octanol–water partition coefficient (Wildman–Crippen LogP) is 0.930. The van der Waals surface area contributed by atoms with E-state index < -0.39 is 0 Å². The zero-order valence-corrected chi connectivity index (χ0v) is 10.7. The summed E-state index contributed by atoms with van der Waals surface area (Å²) in [7, 11) is 0. The maximum absolute atomic E-state index is 11.9. The highest BCUT2D eigenvalue weighted by Gasteiger charge is 2.32. The summed E-state index contributed by atoms with van der Waals surface area (Å²) in [5.41, 5.74) is 1.20.